The maximum atomic E-state index is 12.5. The first-order valence-corrected chi connectivity index (χ1v) is 8.76. The van der Waals surface area contributed by atoms with Gasteiger partial charge in [0.15, 0.2) is 11.5 Å². The predicted octanol–water partition coefficient (Wildman–Crippen LogP) is 3.84. The quantitative estimate of drug-likeness (QED) is 0.902. The average molecular weight is 359 g/mol. The molecule has 0 radical (unpaired) electrons. The standard InChI is InChI=1S/C19H19ClN2O3/c20-14-5-3-13(4-6-14)16-2-1-9-22(16)11-19(23)21-15-7-8-17-18(10-15)25-12-24-17/h3-8,10,16H,1-2,9,11-12H2,(H,21,23)/t16-/m0/s1. The molecule has 0 aliphatic carbocycles. The van der Waals surface area contributed by atoms with E-state index in [0.717, 1.165) is 30.1 Å². The number of halogens is 1. The van der Waals surface area contributed by atoms with Gasteiger partial charge in [-0.05, 0) is 49.2 Å². The Morgan fingerprint density at radius 1 is 1.16 bits per heavy atom. The molecule has 0 aromatic heterocycles. The molecule has 2 aliphatic heterocycles. The molecule has 2 aromatic rings. The Hall–Kier alpha value is -2.24. The summed E-state index contributed by atoms with van der Waals surface area (Å²) in [6, 6.07) is 13.6. The van der Waals surface area contributed by atoms with Gasteiger partial charge in [-0.25, -0.2) is 0 Å². The molecule has 1 saturated heterocycles. The SMILES string of the molecule is O=C(CN1CCC[C@H]1c1ccc(Cl)cc1)Nc1ccc2c(c1)OCO2. The zero-order chi connectivity index (χ0) is 17.2. The highest BCUT2D eigenvalue weighted by Gasteiger charge is 2.27. The normalized spacial score (nSPS) is 19.2. The van der Waals surface area contributed by atoms with Crippen molar-refractivity contribution in [2.75, 3.05) is 25.2 Å². The molecule has 4 rings (SSSR count). The summed E-state index contributed by atoms with van der Waals surface area (Å²) in [5, 5.41) is 3.67. The number of anilines is 1. The summed E-state index contributed by atoms with van der Waals surface area (Å²) in [4.78, 5) is 14.7. The Morgan fingerprint density at radius 3 is 2.80 bits per heavy atom. The third-order valence-electron chi connectivity index (χ3n) is 4.62. The zero-order valence-corrected chi connectivity index (χ0v) is 14.5. The van der Waals surface area contributed by atoms with E-state index in [1.54, 1.807) is 6.07 Å². The van der Waals surface area contributed by atoms with Crippen LogP contribution in [0.3, 0.4) is 0 Å². The van der Waals surface area contributed by atoms with Crippen molar-refractivity contribution in [2.24, 2.45) is 0 Å². The van der Waals surface area contributed by atoms with Crippen LogP contribution in [0.25, 0.3) is 0 Å². The molecule has 0 saturated carbocycles. The summed E-state index contributed by atoms with van der Waals surface area (Å²) in [6.07, 6.45) is 2.14. The number of ether oxygens (including phenoxy) is 2. The molecule has 1 amide bonds. The molecule has 0 bridgehead atoms. The molecule has 5 nitrogen and oxygen atoms in total. The van der Waals surface area contributed by atoms with Gasteiger partial charge in [0, 0.05) is 22.8 Å². The fourth-order valence-electron chi connectivity index (χ4n) is 3.44. The minimum atomic E-state index is -0.0280. The van der Waals surface area contributed by atoms with E-state index < -0.39 is 0 Å². The van der Waals surface area contributed by atoms with E-state index in [-0.39, 0.29) is 18.7 Å². The molecular formula is C19H19ClN2O3. The van der Waals surface area contributed by atoms with Crippen molar-refractivity contribution in [3.63, 3.8) is 0 Å². The van der Waals surface area contributed by atoms with E-state index >= 15 is 0 Å². The molecule has 25 heavy (non-hydrogen) atoms. The molecule has 0 unspecified atom stereocenters. The van der Waals surface area contributed by atoms with E-state index in [0.29, 0.717) is 18.0 Å². The van der Waals surface area contributed by atoms with Crippen LogP contribution < -0.4 is 14.8 Å². The molecule has 6 heteroatoms. The van der Waals surface area contributed by atoms with Crippen molar-refractivity contribution in [1.29, 1.82) is 0 Å². The number of hydrogen-bond acceptors (Lipinski definition) is 4. The van der Waals surface area contributed by atoms with Crippen molar-refractivity contribution in [3.8, 4) is 11.5 Å². The Morgan fingerprint density at radius 2 is 1.96 bits per heavy atom. The number of amides is 1. The van der Waals surface area contributed by atoms with Crippen LogP contribution in [0.4, 0.5) is 5.69 Å². The molecule has 2 heterocycles. The largest absolute Gasteiger partial charge is 0.454 e. The van der Waals surface area contributed by atoms with E-state index in [1.165, 1.54) is 5.56 Å². The molecule has 0 spiro atoms. The fraction of sp³-hybridized carbons (Fsp3) is 0.316. The lowest BCUT2D eigenvalue weighted by atomic mass is 10.0. The summed E-state index contributed by atoms with van der Waals surface area (Å²) in [7, 11) is 0. The number of carbonyl (C=O) groups is 1. The zero-order valence-electron chi connectivity index (χ0n) is 13.7. The van der Waals surface area contributed by atoms with Gasteiger partial charge < -0.3 is 14.8 Å². The third-order valence-corrected chi connectivity index (χ3v) is 4.87. The average Bonchev–Trinajstić information content (AvgIpc) is 3.24. The Balaban J connectivity index is 1.40. The minimum absolute atomic E-state index is 0.0280. The van der Waals surface area contributed by atoms with Crippen LogP contribution in [-0.2, 0) is 4.79 Å². The summed E-state index contributed by atoms with van der Waals surface area (Å²) in [5.74, 6) is 1.35. The van der Waals surface area contributed by atoms with Crippen molar-refractivity contribution >= 4 is 23.2 Å². The van der Waals surface area contributed by atoms with Gasteiger partial charge in [-0.1, -0.05) is 23.7 Å². The number of likely N-dealkylation sites (tertiary alicyclic amines) is 1. The predicted molar refractivity (Wildman–Crippen MR) is 96.2 cm³/mol. The van der Waals surface area contributed by atoms with Gasteiger partial charge in [0.25, 0.3) is 0 Å². The van der Waals surface area contributed by atoms with Crippen LogP contribution >= 0.6 is 11.6 Å². The fourth-order valence-corrected chi connectivity index (χ4v) is 3.56. The highest BCUT2D eigenvalue weighted by molar-refractivity contribution is 6.30. The van der Waals surface area contributed by atoms with Crippen LogP contribution in [0.5, 0.6) is 11.5 Å². The smallest absolute Gasteiger partial charge is 0.238 e. The Bertz CT molecular complexity index is 779. The first-order valence-electron chi connectivity index (χ1n) is 8.38. The third kappa shape index (κ3) is 3.57. The molecule has 2 aromatic carbocycles. The van der Waals surface area contributed by atoms with Crippen LogP contribution in [0, 0.1) is 0 Å². The van der Waals surface area contributed by atoms with Crippen molar-refractivity contribution < 1.29 is 14.3 Å². The molecule has 1 atom stereocenters. The number of hydrogen-bond donors (Lipinski definition) is 1. The van der Waals surface area contributed by atoms with Gasteiger partial charge in [-0.2, -0.15) is 0 Å². The molecule has 1 fully saturated rings. The maximum Gasteiger partial charge on any atom is 0.238 e. The Kier molecular flexibility index (Phi) is 4.51. The highest BCUT2D eigenvalue weighted by Crippen LogP contribution is 2.35. The molecule has 1 N–H and O–H groups in total. The van der Waals surface area contributed by atoms with E-state index in [4.69, 9.17) is 21.1 Å². The van der Waals surface area contributed by atoms with Gasteiger partial charge in [0.05, 0.1) is 6.54 Å². The van der Waals surface area contributed by atoms with Crippen molar-refractivity contribution in [1.82, 2.24) is 4.90 Å². The topological polar surface area (TPSA) is 50.8 Å². The Labute approximate surface area is 151 Å². The van der Waals surface area contributed by atoms with Crippen LogP contribution in [0.2, 0.25) is 5.02 Å². The highest BCUT2D eigenvalue weighted by atomic mass is 35.5. The molecule has 2 aliphatic rings. The lowest BCUT2D eigenvalue weighted by molar-refractivity contribution is -0.117. The second-order valence-electron chi connectivity index (χ2n) is 6.30. The number of nitrogens with zero attached hydrogens (tertiary/aromatic N) is 1. The summed E-state index contributed by atoms with van der Waals surface area (Å²) >= 11 is 5.97. The number of benzene rings is 2. The lowest BCUT2D eigenvalue weighted by Gasteiger charge is -2.24. The monoisotopic (exact) mass is 358 g/mol. The summed E-state index contributed by atoms with van der Waals surface area (Å²) in [5.41, 5.74) is 1.93. The molecular weight excluding hydrogens is 340 g/mol. The van der Waals surface area contributed by atoms with E-state index in [9.17, 15) is 4.79 Å². The van der Waals surface area contributed by atoms with Crippen LogP contribution in [-0.4, -0.2) is 30.7 Å². The number of nitrogens with one attached hydrogen (secondary N) is 1. The summed E-state index contributed by atoms with van der Waals surface area (Å²) < 4.78 is 10.6. The summed E-state index contributed by atoms with van der Waals surface area (Å²) in [6.45, 7) is 1.51. The van der Waals surface area contributed by atoms with Gasteiger partial charge >= 0.3 is 0 Å². The van der Waals surface area contributed by atoms with Crippen LogP contribution in [0.1, 0.15) is 24.4 Å². The second kappa shape index (κ2) is 6.94. The maximum absolute atomic E-state index is 12.5. The van der Waals surface area contributed by atoms with Crippen LogP contribution in [0.15, 0.2) is 42.5 Å². The minimum Gasteiger partial charge on any atom is -0.454 e. The molecule has 130 valence electrons. The second-order valence-corrected chi connectivity index (χ2v) is 6.73. The van der Waals surface area contributed by atoms with Gasteiger partial charge in [0.2, 0.25) is 12.7 Å². The lowest BCUT2D eigenvalue weighted by Crippen LogP contribution is -2.32. The first kappa shape index (κ1) is 16.2. The van der Waals surface area contributed by atoms with Gasteiger partial charge in [-0.15, -0.1) is 0 Å². The van der Waals surface area contributed by atoms with Gasteiger partial charge in [0.1, 0.15) is 0 Å². The van der Waals surface area contributed by atoms with Gasteiger partial charge in [-0.3, -0.25) is 9.69 Å². The number of rotatable bonds is 4. The van der Waals surface area contributed by atoms with Crippen molar-refractivity contribution in [3.05, 3.63) is 53.1 Å². The number of carbonyl (C=O) groups excluding carboxylic acids is 1. The van der Waals surface area contributed by atoms with Crippen molar-refractivity contribution in [2.45, 2.75) is 18.9 Å². The van der Waals surface area contributed by atoms with E-state index in [2.05, 4.69) is 10.2 Å². The first-order chi connectivity index (χ1) is 12.2. The van der Waals surface area contributed by atoms with E-state index in [1.807, 2.05) is 36.4 Å². The number of fused-ring (bicyclic) bond motifs is 1.